The van der Waals surface area contributed by atoms with E-state index in [4.69, 9.17) is 30.6 Å². The third-order valence-electron chi connectivity index (χ3n) is 3.62. The molecule has 10 heteroatoms. The average Bonchev–Trinajstić information content (AvgIpc) is 2.69. The normalized spacial score (nSPS) is 12.0. The van der Waals surface area contributed by atoms with Gasteiger partial charge in [-0.3, -0.25) is 0 Å². The van der Waals surface area contributed by atoms with Crippen molar-refractivity contribution in [3.05, 3.63) is 53.1 Å². The molecule has 6 nitrogen and oxygen atoms in total. The molecule has 0 aliphatic carbocycles. The topological polar surface area (TPSA) is 66.4 Å². The average molecular weight is 460 g/mol. The molecule has 31 heavy (non-hydrogen) atoms. The van der Waals surface area contributed by atoms with Gasteiger partial charge in [0, 0.05) is 0 Å². The van der Waals surface area contributed by atoms with E-state index in [0.29, 0.717) is 11.5 Å². The lowest BCUT2D eigenvalue weighted by atomic mass is 10.2. The quantitative estimate of drug-likeness (QED) is 0.203. The second-order valence-corrected chi connectivity index (χ2v) is 6.92. The molecule has 0 amide bonds. The highest BCUT2D eigenvalue weighted by molar-refractivity contribution is 6.32. The number of esters is 1. The highest BCUT2D eigenvalue weighted by Gasteiger charge is 2.31. The maximum Gasteiger partial charge on any atom is 0.416 e. The Morgan fingerprint density at radius 1 is 1.06 bits per heavy atom. The standard InChI is InChI=1S/C21H21ClF3NO5/c1-13(2)26-29-11-10-28-20(27)14(3)30-16-5-7-17(8-6-16)31-19-9-4-15(12-18(19)22)21(23,24)25/h4-9,12,14H,10-11H2,1-3H3/t14-/m1/s1. The van der Waals surface area contributed by atoms with Gasteiger partial charge >= 0.3 is 12.1 Å². The molecule has 0 spiro atoms. The van der Waals surface area contributed by atoms with Gasteiger partial charge in [-0.1, -0.05) is 16.8 Å². The van der Waals surface area contributed by atoms with Crippen molar-refractivity contribution in [2.75, 3.05) is 13.2 Å². The van der Waals surface area contributed by atoms with Gasteiger partial charge < -0.3 is 19.0 Å². The molecular formula is C21H21ClF3NO5. The van der Waals surface area contributed by atoms with Crippen molar-refractivity contribution < 1.29 is 37.0 Å². The van der Waals surface area contributed by atoms with E-state index in [-0.39, 0.29) is 24.0 Å². The van der Waals surface area contributed by atoms with Crippen molar-refractivity contribution in [2.45, 2.75) is 33.1 Å². The fourth-order valence-corrected chi connectivity index (χ4v) is 2.42. The number of carbonyl (C=O) groups is 1. The van der Waals surface area contributed by atoms with Gasteiger partial charge in [0.25, 0.3) is 0 Å². The zero-order chi connectivity index (χ0) is 23.0. The van der Waals surface area contributed by atoms with Crippen LogP contribution in [0.2, 0.25) is 5.02 Å². The summed E-state index contributed by atoms with van der Waals surface area (Å²) >= 11 is 5.88. The summed E-state index contributed by atoms with van der Waals surface area (Å²) in [5.74, 6) is 0.202. The Morgan fingerprint density at radius 2 is 1.71 bits per heavy atom. The van der Waals surface area contributed by atoms with E-state index in [1.165, 1.54) is 19.1 Å². The van der Waals surface area contributed by atoms with Crippen LogP contribution in [0, 0.1) is 0 Å². The van der Waals surface area contributed by atoms with Crippen molar-refractivity contribution in [1.29, 1.82) is 0 Å². The molecule has 0 aromatic heterocycles. The minimum atomic E-state index is -4.49. The number of ether oxygens (including phenoxy) is 3. The Balaban J connectivity index is 1.87. The molecular weight excluding hydrogens is 439 g/mol. The van der Waals surface area contributed by atoms with Crippen LogP contribution >= 0.6 is 11.6 Å². The second-order valence-electron chi connectivity index (χ2n) is 6.52. The van der Waals surface area contributed by atoms with Gasteiger partial charge in [0.2, 0.25) is 0 Å². The van der Waals surface area contributed by atoms with Gasteiger partial charge in [-0.25, -0.2) is 4.79 Å². The molecule has 0 bridgehead atoms. The number of hydrogen-bond acceptors (Lipinski definition) is 6. The molecule has 0 aliphatic heterocycles. The van der Waals surface area contributed by atoms with Crippen molar-refractivity contribution in [3.63, 3.8) is 0 Å². The van der Waals surface area contributed by atoms with Crippen LogP contribution in [0.5, 0.6) is 17.2 Å². The summed E-state index contributed by atoms with van der Waals surface area (Å²) in [7, 11) is 0. The number of halogens is 4. The number of hydrogen-bond donors (Lipinski definition) is 0. The summed E-state index contributed by atoms with van der Waals surface area (Å²) in [6.07, 6.45) is -5.36. The van der Waals surface area contributed by atoms with Crippen LogP contribution in [0.4, 0.5) is 13.2 Å². The van der Waals surface area contributed by atoms with Gasteiger partial charge in [0.05, 0.1) is 16.3 Å². The van der Waals surface area contributed by atoms with Crippen molar-refractivity contribution in [1.82, 2.24) is 0 Å². The van der Waals surface area contributed by atoms with Crippen LogP contribution in [0.3, 0.4) is 0 Å². The number of oxime groups is 1. The summed E-state index contributed by atoms with van der Waals surface area (Å²) in [6.45, 7) is 5.24. The summed E-state index contributed by atoms with van der Waals surface area (Å²) < 4.78 is 54.2. The first-order valence-corrected chi connectivity index (χ1v) is 9.55. The zero-order valence-corrected chi connectivity index (χ0v) is 17.8. The summed E-state index contributed by atoms with van der Waals surface area (Å²) in [4.78, 5) is 16.9. The SMILES string of the molecule is CC(C)=NOCCOC(=O)[C@@H](C)Oc1ccc(Oc2ccc(C(F)(F)F)cc2Cl)cc1. The van der Waals surface area contributed by atoms with Gasteiger partial charge in [0.1, 0.15) is 23.9 Å². The third-order valence-corrected chi connectivity index (χ3v) is 3.92. The lowest BCUT2D eigenvalue weighted by Gasteiger charge is -2.14. The van der Waals surface area contributed by atoms with Crippen LogP contribution in [-0.4, -0.2) is 31.0 Å². The molecule has 2 aromatic rings. The summed E-state index contributed by atoms with van der Waals surface area (Å²) in [5.41, 5.74) is -0.120. The molecule has 0 saturated carbocycles. The fraction of sp³-hybridized carbons (Fsp3) is 0.333. The molecule has 0 heterocycles. The number of nitrogens with zero attached hydrogens (tertiary/aromatic N) is 1. The first-order valence-electron chi connectivity index (χ1n) is 9.17. The zero-order valence-electron chi connectivity index (χ0n) is 17.0. The van der Waals surface area contributed by atoms with Crippen LogP contribution in [-0.2, 0) is 20.5 Å². The minimum absolute atomic E-state index is 0.0317. The number of alkyl halides is 3. The lowest BCUT2D eigenvalue weighted by molar-refractivity contribution is -0.152. The molecule has 0 fully saturated rings. The van der Waals surface area contributed by atoms with E-state index in [0.717, 1.165) is 23.9 Å². The van der Waals surface area contributed by atoms with Crippen LogP contribution in [0.25, 0.3) is 0 Å². The molecule has 0 saturated heterocycles. The van der Waals surface area contributed by atoms with E-state index in [1.54, 1.807) is 26.0 Å². The fourth-order valence-electron chi connectivity index (χ4n) is 2.20. The molecule has 2 rings (SSSR count). The Bertz CT molecular complexity index is 912. The van der Waals surface area contributed by atoms with Crippen LogP contribution in [0.15, 0.2) is 47.6 Å². The van der Waals surface area contributed by atoms with Crippen LogP contribution < -0.4 is 9.47 Å². The van der Waals surface area contributed by atoms with Gasteiger partial charge in [-0.15, -0.1) is 0 Å². The number of benzene rings is 2. The summed E-state index contributed by atoms with van der Waals surface area (Å²) in [5, 5.41) is 3.55. The van der Waals surface area contributed by atoms with Crippen molar-refractivity contribution in [3.8, 4) is 17.2 Å². The van der Waals surface area contributed by atoms with E-state index in [2.05, 4.69) is 5.16 Å². The minimum Gasteiger partial charge on any atom is -0.479 e. The van der Waals surface area contributed by atoms with E-state index in [1.807, 2.05) is 0 Å². The molecule has 0 unspecified atom stereocenters. The highest BCUT2D eigenvalue weighted by atomic mass is 35.5. The smallest absolute Gasteiger partial charge is 0.416 e. The highest BCUT2D eigenvalue weighted by Crippen LogP contribution is 2.36. The predicted octanol–water partition coefficient (Wildman–Crippen LogP) is 5.87. The van der Waals surface area contributed by atoms with Crippen LogP contribution in [0.1, 0.15) is 26.3 Å². The summed E-state index contributed by atoms with van der Waals surface area (Å²) in [6, 6.07) is 8.96. The van der Waals surface area contributed by atoms with Gasteiger partial charge in [-0.2, -0.15) is 13.2 Å². The third kappa shape index (κ3) is 8.01. The predicted molar refractivity (Wildman–Crippen MR) is 109 cm³/mol. The van der Waals surface area contributed by atoms with E-state index >= 15 is 0 Å². The molecule has 2 aromatic carbocycles. The molecule has 168 valence electrons. The first-order chi connectivity index (χ1) is 14.6. The number of rotatable bonds is 9. The van der Waals surface area contributed by atoms with E-state index < -0.39 is 23.8 Å². The first kappa shape index (κ1) is 24.3. The Hall–Kier alpha value is -2.94. The molecule has 0 N–H and O–H groups in total. The van der Waals surface area contributed by atoms with Gasteiger partial charge in [-0.05, 0) is 63.2 Å². The largest absolute Gasteiger partial charge is 0.479 e. The Labute approximate surface area is 182 Å². The lowest BCUT2D eigenvalue weighted by Crippen LogP contribution is -2.27. The van der Waals surface area contributed by atoms with E-state index in [9.17, 15) is 18.0 Å². The Morgan fingerprint density at radius 3 is 2.29 bits per heavy atom. The maximum absolute atomic E-state index is 12.7. The number of carbonyl (C=O) groups excluding carboxylic acids is 1. The van der Waals surface area contributed by atoms with Crippen molar-refractivity contribution in [2.24, 2.45) is 5.16 Å². The maximum atomic E-state index is 12.7. The second kappa shape index (κ2) is 10.9. The molecule has 1 atom stereocenters. The van der Waals surface area contributed by atoms with Crippen molar-refractivity contribution >= 4 is 23.3 Å². The monoisotopic (exact) mass is 459 g/mol. The molecule has 0 aliphatic rings. The molecule has 0 radical (unpaired) electrons. The Kier molecular flexibility index (Phi) is 8.56. The van der Waals surface area contributed by atoms with Gasteiger partial charge in [0.15, 0.2) is 12.7 Å².